The number of hydrogen-bond acceptors (Lipinski definition) is 5. The summed E-state index contributed by atoms with van der Waals surface area (Å²) in [6.45, 7) is 7.50. The number of nitrogens with one attached hydrogen (secondary N) is 1. The number of amides is 2. The first-order valence-corrected chi connectivity index (χ1v) is 12.5. The van der Waals surface area contributed by atoms with Gasteiger partial charge in [-0.2, -0.15) is 0 Å². The molecule has 5 rings (SSSR count). The number of aromatic nitrogens is 3. The standard InChI is InChI=1S/C23H25N5O.C5H9NO/c1-4-18(29)27-16-10-11-17(14(2)12-16)21-19(15-8-6-5-7-9-15)20-22(24)25-13-26-23(20)28(21)3;7-5-6-3-1-2-4-6/h4,8,10-13H,1,5-7,9H2,2-3H3,(H,27,29)(H2,24,25,26);5H,1-4H2. The minimum Gasteiger partial charge on any atom is -0.383 e. The Morgan fingerprint density at radius 2 is 1.94 bits per heavy atom. The summed E-state index contributed by atoms with van der Waals surface area (Å²) in [7, 11) is 2.02. The zero-order chi connectivity index (χ0) is 25.7. The van der Waals surface area contributed by atoms with E-state index >= 15 is 0 Å². The molecule has 2 aromatic heterocycles. The van der Waals surface area contributed by atoms with Crippen LogP contribution in [0.15, 0.2) is 43.3 Å². The van der Waals surface area contributed by atoms with E-state index in [1.807, 2.05) is 32.2 Å². The van der Waals surface area contributed by atoms with Gasteiger partial charge < -0.3 is 20.5 Å². The van der Waals surface area contributed by atoms with E-state index in [4.69, 9.17) is 5.73 Å². The van der Waals surface area contributed by atoms with E-state index in [2.05, 4.69) is 32.5 Å². The van der Waals surface area contributed by atoms with Crippen molar-refractivity contribution < 1.29 is 9.59 Å². The number of allylic oxidation sites excluding steroid dienone is 2. The number of nitrogens with two attached hydrogens (primary N) is 1. The van der Waals surface area contributed by atoms with Crippen LogP contribution in [0.3, 0.4) is 0 Å². The van der Waals surface area contributed by atoms with Crippen LogP contribution in [0.25, 0.3) is 27.9 Å². The van der Waals surface area contributed by atoms with Crippen LogP contribution in [0.2, 0.25) is 0 Å². The summed E-state index contributed by atoms with van der Waals surface area (Å²) in [5, 5.41) is 3.74. The average Bonchev–Trinajstić information content (AvgIpc) is 3.52. The van der Waals surface area contributed by atoms with Crippen LogP contribution in [0.1, 0.15) is 49.7 Å². The van der Waals surface area contributed by atoms with Crippen molar-refractivity contribution >= 4 is 40.4 Å². The van der Waals surface area contributed by atoms with Crippen molar-refractivity contribution in [3.63, 3.8) is 0 Å². The second-order valence-electron chi connectivity index (χ2n) is 9.29. The molecule has 3 heterocycles. The predicted molar refractivity (Wildman–Crippen MR) is 145 cm³/mol. The highest BCUT2D eigenvalue weighted by Gasteiger charge is 2.24. The first-order valence-electron chi connectivity index (χ1n) is 12.5. The minimum atomic E-state index is -0.224. The summed E-state index contributed by atoms with van der Waals surface area (Å²) in [4.78, 5) is 32.2. The molecule has 8 heteroatoms. The Bertz CT molecular complexity index is 1320. The fourth-order valence-electron chi connectivity index (χ4n) is 5.02. The molecule has 0 bridgehead atoms. The summed E-state index contributed by atoms with van der Waals surface area (Å²) in [5.41, 5.74) is 13.5. The van der Waals surface area contributed by atoms with Gasteiger partial charge in [0.2, 0.25) is 12.3 Å². The second kappa shape index (κ2) is 11.2. The first-order chi connectivity index (χ1) is 17.4. The van der Waals surface area contributed by atoms with Gasteiger partial charge in [0.25, 0.3) is 0 Å². The lowest BCUT2D eigenvalue weighted by molar-refractivity contribution is -0.117. The van der Waals surface area contributed by atoms with Gasteiger partial charge in [0, 0.05) is 37.0 Å². The highest BCUT2D eigenvalue weighted by molar-refractivity contribution is 6.05. The van der Waals surface area contributed by atoms with Crippen molar-refractivity contribution in [3.8, 4) is 11.3 Å². The lowest BCUT2D eigenvalue weighted by atomic mass is 9.89. The van der Waals surface area contributed by atoms with E-state index in [0.29, 0.717) is 5.82 Å². The molecular formula is C28H34N6O2. The molecule has 0 radical (unpaired) electrons. The molecule has 1 fully saturated rings. The van der Waals surface area contributed by atoms with Gasteiger partial charge in [0.15, 0.2) is 0 Å². The summed E-state index contributed by atoms with van der Waals surface area (Å²) in [6.07, 6.45) is 12.9. The molecule has 188 valence electrons. The largest absolute Gasteiger partial charge is 0.383 e. The molecule has 3 aromatic rings. The topological polar surface area (TPSA) is 106 Å². The summed E-state index contributed by atoms with van der Waals surface area (Å²) >= 11 is 0. The van der Waals surface area contributed by atoms with Gasteiger partial charge in [0.1, 0.15) is 17.8 Å². The number of benzene rings is 1. The number of nitrogens with zero attached hydrogens (tertiary/aromatic N) is 4. The van der Waals surface area contributed by atoms with Crippen LogP contribution < -0.4 is 11.1 Å². The zero-order valence-electron chi connectivity index (χ0n) is 21.1. The molecule has 1 aliphatic heterocycles. The first kappa shape index (κ1) is 25.2. The lowest BCUT2D eigenvalue weighted by Gasteiger charge is -2.17. The number of rotatable bonds is 5. The second-order valence-corrected chi connectivity index (χ2v) is 9.29. The molecule has 1 saturated heterocycles. The van der Waals surface area contributed by atoms with Crippen LogP contribution in [0.5, 0.6) is 0 Å². The summed E-state index contributed by atoms with van der Waals surface area (Å²) in [5.74, 6) is 0.281. The molecule has 0 spiro atoms. The number of carbonyl (C=O) groups excluding carboxylic acids is 2. The number of carbonyl (C=O) groups is 2. The van der Waals surface area contributed by atoms with Crippen LogP contribution in [0, 0.1) is 6.92 Å². The van der Waals surface area contributed by atoms with Gasteiger partial charge in [0.05, 0.1) is 11.1 Å². The Morgan fingerprint density at radius 1 is 1.17 bits per heavy atom. The van der Waals surface area contributed by atoms with Gasteiger partial charge in [-0.1, -0.05) is 18.7 Å². The predicted octanol–water partition coefficient (Wildman–Crippen LogP) is 4.85. The van der Waals surface area contributed by atoms with E-state index in [0.717, 1.165) is 71.4 Å². The van der Waals surface area contributed by atoms with Gasteiger partial charge >= 0.3 is 0 Å². The Labute approximate surface area is 211 Å². The van der Waals surface area contributed by atoms with Gasteiger partial charge in [-0.3, -0.25) is 9.59 Å². The molecule has 1 aromatic carbocycles. The number of likely N-dealkylation sites (tertiary alicyclic amines) is 1. The molecule has 8 nitrogen and oxygen atoms in total. The van der Waals surface area contributed by atoms with E-state index < -0.39 is 0 Å². The number of fused-ring (bicyclic) bond motifs is 1. The normalized spacial score (nSPS) is 15.2. The average molecular weight is 487 g/mol. The number of nitrogen functional groups attached to an aromatic ring is 1. The number of hydrogen-bond donors (Lipinski definition) is 2. The van der Waals surface area contributed by atoms with E-state index in [-0.39, 0.29) is 5.91 Å². The Morgan fingerprint density at radius 3 is 2.56 bits per heavy atom. The van der Waals surface area contributed by atoms with Gasteiger partial charge in [-0.15, -0.1) is 0 Å². The third-order valence-electron chi connectivity index (χ3n) is 6.83. The molecule has 0 saturated carbocycles. The van der Waals surface area contributed by atoms with Crippen molar-refractivity contribution in [2.45, 2.75) is 45.4 Å². The maximum absolute atomic E-state index is 11.6. The fraction of sp³-hybridized carbons (Fsp3) is 0.357. The molecular weight excluding hydrogens is 452 g/mol. The zero-order valence-corrected chi connectivity index (χ0v) is 21.1. The maximum Gasteiger partial charge on any atom is 0.247 e. The SMILES string of the molecule is C=CC(=O)Nc1ccc(-c2c(C3=CCCCC3)c3c(N)ncnc3n2C)c(C)c1.O=CN1CCCC1. The molecule has 2 aliphatic rings. The smallest absolute Gasteiger partial charge is 0.247 e. The Balaban J connectivity index is 0.000000375. The van der Waals surface area contributed by atoms with Gasteiger partial charge in [-0.05, 0) is 74.8 Å². The van der Waals surface area contributed by atoms with Crippen molar-refractivity contribution in [2.75, 3.05) is 24.1 Å². The van der Waals surface area contributed by atoms with Crippen LogP contribution in [0.4, 0.5) is 11.5 Å². The van der Waals surface area contributed by atoms with E-state index in [1.165, 1.54) is 43.7 Å². The molecule has 3 N–H and O–H groups in total. The number of aryl methyl sites for hydroxylation is 2. The van der Waals surface area contributed by atoms with Crippen LogP contribution in [-0.2, 0) is 16.6 Å². The third kappa shape index (κ3) is 5.17. The molecule has 1 aliphatic carbocycles. The van der Waals surface area contributed by atoms with Crippen molar-refractivity contribution in [1.29, 1.82) is 0 Å². The number of anilines is 2. The third-order valence-corrected chi connectivity index (χ3v) is 6.83. The Kier molecular flexibility index (Phi) is 7.83. The Hall–Kier alpha value is -3.94. The molecule has 0 atom stereocenters. The van der Waals surface area contributed by atoms with Crippen LogP contribution in [-0.4, -0.2) is 44.8 Å². The highest BCUT2D eigenvalue weighted by Crippen LogP contribution is 2.42. The molecule has 2 amide bonds. The highest BCUT2D eigenvalue weighted by atomic mass is 16.1. The summed E-state index contributed by atoms with van der Waals surface area (Å²) < 4.78 is 2.10. The van der Waals surface area contributed by atoms with Crippen molar-refractivity contribution in [2.24, 2.45) is 7.05 Å². The molecule has 0 unspecified atom stereocenters. The monoisotopic (exact) mass is 486 g/mol. The molecule has 36 heavy (non-hydrogen) atoms. The fourth-order valence-corrected chi connectivity index (χ4v) is 5.02. The van der Waals surface area contributed by atoms with E-state index in [1.54, 1.807) is 4.90 Å². The van der Waals surface area contributed by atoms with E-state index in [9.17, 15) is 9.59 Å². The lowest BCUT2D eigenvalue weighted by Crippen LogP contribution is -2.15. The van der Waals surface area contributed by atoms with Crippen molar-refractivity contribution in [1.82, 2.24) is 19.4 Å². The quantitative estimate of drug-likeness (QED) is 0.396. The maximum atomic E-state index is 11.6. The van der Waals surface area contributed by atoms with Gasteiger partial charge in [-0.25, -0.2) is 9.97 Å². The summed E-state index contributed by atoms with van der Waals surface area (Å²) in [6, 6.07) is 5.93. The minimum absolute atomic E-state index is 0.224. The van der Waals surface area contributed by atoms with Crippen LogP contribution >= 0.6 is 0 Å². The van der Waals surface area contributed by atoms with Crippen molar-refractivity contribution in [3.05, 3.63) is 54.4 Å².